The average Bonchev–Trinajstić information content (AvgIpc) is 2.47. The van der Waals surface area contributed by atoms with Crippen molar-refractivity contribution in [3.05, 3.63) is 22.7 Å². The van der Waals surface area contributed by atoms with Gasteiger partial charge in [0.1, 0.15) is 5.75 Å². The highest BCUT2D eigenvalue weighted by molar-refractivity contribution is 9.10. The molecule has 1 atom stereocenters. The summed E-state index contributed by atoms with van der Waals surface area (Å²) in [6, 6.07) is 5.00. The third-order valence-electron chi connectivity index (χ3n) is 3.46. The fraction of sp³-hybridized carbons (Fsp3) is 0.429. The number of urea groups is 1. The minimum absolute atomic E-state index is 0.234. The molecule has 0 radical (unpaired) electrons. The van der Waals surface area contributed by atoms with Crippen molar-refractivity contribution in [1.29, 1.82) is 0 Å². The molecular formula is C14H17BrN2O4. The quantitative estimate of drug-likeness (QED) is 0.872. The molecule has 1 aromatic carbocycles. The number of rotatable bonds is 3. The van der Waals surface area contributed by atoms with Crippen LogP contribution in [-0.4, -0.2) is 42.2 Å². The van der Waals surface area contributed by atoms with Crippen molar-refractivity contribution in [2.75, 3.05) is 25.5 Å². The van der Waals surface area contributed by atoms with Crippen molar-refractivity contribution in [2.45, 2.75) is 12.8 Å². The van der Waals surface area contributed by atoms with E-state index in [-0.39, 0.29) is 12.6 Å². The molecule has 0 aliphatic carbocycles. The Hall–Kier alpha value is -1.76. The lowest BCUT2D eigenvalue weighted by atomic mass is 9.99. The standard InChI is InChI=1S/C14H17BrN2O4/c1-21-12-5-4-10(15)7-11(12)16-14(20)17-6-2-3-9(8-17)13(18)19/h4-5,7,9H,2-3,6,8H2,1H3,(H,16,20)(H,18,19)/t9-/m0/s1. The number of benzene rings is 1. The Kier molecular flexibility index (Phi) is 5.06. The van der Waals surface area contributed by atoms with Gasteiger partial charge in [0.2, 0.25) is 0 Å². The predicted molar refractivity (Wildman–Crippen MR) is 81.6 cm³/mol. The number of carboxylic acids is 1. The van der Waals surface area contributed by atoms with Crippen LogP contribution in [-0.2, 0) is 4.79 Å². The van der Waals surface area contributed by atoms with Crippen molar-refractivity contribution >= 4 is 33.6 Å². The van der Waals surface area contributed by atoms with Crippen molar-refractivity contribution in [3.8, 4) is 5.75 Å². The Bertz CT molecular complexity index is 550. The number of hydrogen-bond acceptors (Lipinski definition) is 3. The zero-order valence-corrected chi connectivity index (χ0v) is 13.2. The first-order valence-electron chi connectivity index (χ1n) is 6.63. The zero-order chi connectivity index (χ0) is 15.4. The van der Waals surface area contributed by atoms with Crippen LogP contribution in [0.3, 0.4) is 0 Å². The second kappa shape index (κ2) is 6.80. The number of carbonyl (C=O) groups excluding carboxylic acids is 1. The van der Waals surface area contributed by atoms with Gasteiger partial charge >= 0.3 is 12.0 Å². The minimum Gasteiger partial charge on any atom is -0.495 e. The van der Waals surface area contributed by atoms with Crippen LogP contribution in [0.4, 0.5) is 10.5 Å². The van der Waals surface area contributed by atoms with E-state index in [9.17, 15) is 9.59 Å². The highest BCUT2D eigenvalue weighted by Gasteiger charge is 2.28. The van der Waals surface area contributed by atoms with Gasteiger partial charge in [0.05, 0.1) is 18.7 Å². The smallest absolute Gasteiger partial charge is 0.321 e. The molecule has 0 aromatic heterocycles. The van der Waals surface area contributed by atoms with E-state index in [1.54, 1.807) is 12.1 Å². The van der Waals surface area contributed by atoms with E-state index in [0.717, 1.165) is 4.47 Å². The van der Waals surface area contributed by atoms with Crippen molar-refractivity contribution in [2.24, 2.45) is 5.92 Å². The van der Waals surface area contributed by atoms with Crippen LogP contribution < -0.4 is 10.1 Å². The molecule has 0 unspecified atom stereocenters. The third-order valence-corrected chi connectivity index (χ3v) is 3.95. The molecule has 21 heavy (non-hydrogen) atoms. The summed E-state index contributed by atoms with van der Waals surface area (Å²) in [5, 5.41) is 11.8. The lowest BCUT2D eigenvalue weighted by molar-refractivity contribution is -0.143. The SMILES string of the molecule is COc1ccc(Br)cc1NC(=O)N1CCC[C@H](C(=O)O)C1. The number of anilines is 1. The van der Waals surface area contributed by atoms with E-state index >= 15 is 0 Å². The lowest BCUT2D eigenvalue weighted by Crippen LogP contribution is -2.44. The molecule has 0 bridgehead atoms. The van der Waals surface area contributed by atoms with Crippen LogP contribution in [0.1, 0.15) is 12.8 Å². The second-order valence-corrected chi connectivity index (χ2v) is 5.81. The lowest BCUT2D eigenvalue weighted by Gasteiger charge is -2.30. The Labute approximate surface area is 131 Å². The summed E-state index contributed by atoms with van der Waals surface area (Å²) in [4.78, 5) is 24.8. The number of nitrogens with zero attached hydrogens (tertiary/aromatic N) is 1. The number of methoxy groups -OCH3 is 1. The summed E-state index contributed by atoms with van der Waals surface area (Å²) in [6.07, 6.45) is 1.30. The fourth-order valence-electron chi connectivity index (χ4n) is 2.34. The van der Waals surface area contributed by atoms with Gasteiger partial charge in [-0.1, -0.05) is 15.9 Å². The molecule has 2 N–H and O–H groups in total. The number of halogens is 1. The molecule has 2 rings (SSSR count). The van der Waals surface area contributed by atoms with Crippen molar-refractivity contribution < 1.29 is 19.4 Å². The number of carbonyl (C=O) groups is 2. The molecule has 0 saturated carbocycles. The number of nitrogens with one attached hydrogen (secondary N) is 1. The summed E-state index contributed by atoms with van der Waals surface area (Å²) >= 11 is 3.34. The second-order valence-electron chi connectivity index (χ2n) is 4.90. The number of carboxylic acid groups (broad SMARTS) is 1. The topological polar surface area (TPSA) is 78.9 Å². The van der Waals surface area contributed by atoms with Gasteiger partial charge in [0.25, 0.3) is 0 Å². The summed E-state index contributed by atoms with van der Waals surface area (Å²) in [6.45, 7) is 0.795. The summed E-state index contributed by atoms with van der Waals surface area (Å²) in [7, 11) is 1.53. The van der Waals surface area contributed by atoms with Gasteiger partial charge in [-0.25, -0.2) is 4.79 Å². The number of hydrogen-bond donors (Lipinski definition) is 2. The fourth-order valence-corrected chi connectivity index (χ4v) is 2.70. The van der Waals surface area contributed by atoms with Crippen LogP contribution in [0, 0.1) is 5.92 Å². The number of piperidine rings is 1. The molecule has 114 valence electrons. The molecule has 1 heterocycles. The van der Waals surface area contributed by atoms with Gasteiger partial charge in [0.15, 0.2) is 0 Å². The number of amides is 2. The molecular weight excluding hydrogens is 340 g/mol. The highest BCUT2D eigenvalue weighted by Crippen LogP contribution is 2.28. The first kappa shape index (κ1) is 15.6. The minimum atomic E-state index is -0.854. The van der Waals surface area contributed by atoms with Crippen molar-refractivity contribution in [3.63, 3.8) is 0 Å². The summed E-state index contributed by atoms with van der Waals surface area (Å²) < 4.78 is 6.02. The largest absolute Gasteiger partial charge is 0.495 e. The highest BCUT2D eigenvalue weighted by atomic mass is 79.9. The maximum atomic E-state index is 12.3. The number of aliphatic carboxylic acids is 1. The molecule has 1 aliphatic heterocycles. The molecule has 1 aliphatic rings. The molecule has 6 nitrogen and oxygen atoms in total. The Morgan fingerprint density at radius 1 is 1.48 bits per heavy atom. The van der Waals surface area contributed by atoms with Gasteiger partial charge in [-0.05, 0) is 31.0 Å². The van der Waals surface area contributed by atoms with Crippen LogP contribution in [0.25, 0.3) is 0 Å². The summed E-state index contributed by atoms with van der Waals surface area (Å²) in [5.74, 6) is -0.792. The van der Waals surface area contributed by atoms with Crippen LogP contribution in [0.5, 0.6) is 5.75 Å². The van der Waals surface area contributed by atoms with E-state index in [2.05, 4.69) is 21.2 Å². The van der Waals surface area contributed by atoms with Crippen molar-refractivity contribution in [1.82, 2.24) is 4.90 Å². The van der Waals surface area contributed by atoms with E-state index in [4.69, 9.17) is 9.84 Å². The Balaban J connectivity index is 2.07. The molecule has 1 saturated heterocycles. The Morgan fingerprint density at radius 2 is 2.24 bits per heavy atom. The molecule has 2 amide bonds. The van der Waals surface area contributed by atoms with Gasteiger partial charge in [-0.3, -0.25) is 4.79 Å². The monoisotopic (exact) mass is 356 g/mol. The van der Waals surface area contributed by atoms with E-state index in [0.29, 0.717) is 30.8 Å². The molecule has 1 aromatic rings. The number of likely N-dealkylation sites (tertiary alicyclic amines) is 1. The molecule has 1 fully saturated rings. The van der Waals surface area contributed by atoms with E-state index < -0.39 is 11.9 Å². The van der Waals surface area contributed by atoms with E-state index in [1.807, 2.05) is 6.07 Å². The van der Waals surface area contributed by atoms with Gasteiger partial charge in [-0.2, -0.15) is 0 Å². The maximum absolute atomic E-state index is 12.3. The van der Waals surface area contributed by atoms with E-state index in [1.165, 1.54) is 12.0 Å². The summed E-state index contributed by atoms with van der Waals surface area (Å²) in [5.41, 5.74) is 0.550. The zero-order valence-electron chi connectivity index (χ0n) is 11.6. The maximum Gasteiger partial charge on any atom is 0.321 e. The van der Waals surface area contributed by atoms with Crippen LogP contribution in [0.2, 0.25) is 0 Å². The average molecular weight is 357 g/mol. The van der Waals surface area contributed by atoms with Crippen LogP contribution in [0.15, 0.2) is 22.7 Å². The van der Waals surface area contributed by atoms with Crippen LogP contribution >= 0.6 is 15.9 Å². The normalized spacial score (nSPS) is 18.2. The van der Waals surface area contributed by atoms with Gasteiger partial charge in [0, 0.05) is 17.6 Å². The third kappa shape index (κ3) is 3.87. The van der Waals surface area contributed by atoms with Gasteiger partial charge in [-0.15, -0.1) is 0 Å². The first-order valence-corrected chi connectivity index (χ1v) is 7.43. The Morgan fingerprint density at radius 3 is 2.90 bits per heavy atom. The van der Waals surface area contributed by atoms with Gasteiger partial charge < -0.3 is 20.1 Å². The molecule has 7 heteroatoms. The molecule has 0 spiro atoms. The number of ether oxygens (including phenoxy) is 1. The predicted octanol–water partition coefficient (Wildman–Crippen LogP) is 2.79. The first-order chi connectivity index (χ1) is 10.0.